The zero-order valence-electron chi connectivity index (χ0n) is 8.28. The molecule has 1 rings (SSSR count). The normalized spacial score (nSPS) is 11.9. The quantitative estimate of drug-likeness (QED) is 0.576. The lowest BCUT2D eigenvalue weighted by Crippen LogP contribution is -2.07. The smallest absolute Gasteiger partial charge is 0.220 e. The summed E-state index contributed by atoms with van der Waals surface area (Å²) in [5.41, 5.74) is 1.26. The maximum atomic E-state index is 10.2. The molecule has 0 saturated heterocycles. The van der Waals surface area contributed by atoms with Crippen LogP contribution in [0.1, 0.15) is 0 Å². The van der Waals surface area contributed by atoms with E-state index in [1.807, 2.05) is 19.0 Å². The molecule has 0 unspecified atom stereocenters. The first kappa shape index (κ1) is 11.6. The molecule has 0 aromatic heterocycles. The van der Waals surface area contributed by atoms with Crippen molar-refractivity contribution in [2.24, 2.45) is 9.63 Å². The van der Waals surface area contributed by atoms with Crippen LogP contribution in [0.5, 0.6) is 0 Å². The van der Waals surface area contributed by atoms with Crippen LogP contribution in [0.25, 0.3) is 0 Å². The van der Waals surface area contributed by atoms with Crippen LogP contribution in [0.2, 0.25) is 0 Å². The van der Waals surface area contributed by atoms with Crippen LogP contribution >= 0.6 is 0 Å². The molecule has 0 atom stereocenters. The molecule has 0 aliphatic carbocycles. The van der Waals surface area contributed by atoms with E-state index in [4.69, 9.17) is 0 Å². The number of hydrogen-bond acceptors (Lipinski definition) is 5. The van der Waals surface area contributed by atoms with Gasteiger partial charge in [-0.25, -0.2) is 8.42 Å². The minimum Gasteiger partial charge on any atom is -0.728 e. The molecular formula is C8H10N3O3S-. The Kier molecular flexibility index (Phi) is 3.38. The monoisotopic (exact) mass is 228 g/mol. The van der Waals surface area contributed by atoms with Gasteiger partial charge in [0.25, 0.3) is 0 Å². The van der Waals surface area contributed by atoms with Gasteiger partial charge in [0.1, 0.15) is 0 Å². The molecule has 6 nitrogen and oxygen atoms in total. The molecule has 0 fully saturated rings. The Balaban J connectivity index is 2.86. The standard InChI is InChI=1S/C8H11N3O3S/c1-11(2)8-5-3-7(4-6-8)9-10-15(12,13)14/h3-6H,1-2H3,(H,12,13,14)/p-1. The lowest BCUT2D eigenvalue weighted by molar-refractivity contribution is 0.462. The predicted molar refractivity (Wildman–Crippen MR) is 55.0 cm³/mol. The summed E-state index contributed by atoms with van der Waals surface area (Å²) in [5.74, 6) is 0. The second-order valence-corrected chi connectivity index (χ2v) is 4.04. The zero-order chi connectivity index (χ0) is 11.5. The Morgan fingerprint density at radius 1 is 1.20 bits per heavy atom. The molecule has 15 heavy (non-hydrogen) atoms. The molecule has 0 aliphatic rings. The molecule has 0 radical (unpaired) electrons. The van der Waals surface area contributed by atoms with E-state index in [9.17, 15) is 13.0 Å². The number of hydrogen-bond donors (Lipinski definition) is 0. The minimum absolute atomic E-state index is 0.319. The van der Waals surface area contributed by atoms with Gasteiger partial charge >= 0.3 is 0 Å². The molecule has 0 N–H and O–H groups in total. The average molecular weight is 228 g/mol. The summed E-state index contributed by atoms with van der Waals surface area (Å²) in [6.45, 7) is 0. The minimum atomic E-state index is -4.65. The lowest BCUT2D eigenvalue weighted by Gasteiger charge is -2.11. The highest BCUT2D eigenvalue weighted by Gasteiger charge is 1.95. The van der Waals surface area contributed by atoms with E-state index >= 15 is 0 Å². The average Bonchev–Trinajstić information content (AvgIpc) is 2.14. The maximum absolute atomic E-state index is 10.2. The van der Waals surface area contributed by atoms with Gasteiger partial charge in [0.15, 0.2) is 0 Å². The Morgan fingerprint density at radius 3 is 2.13 bits per heavy atom. The largest absolute Gasteiger partial charge is 0.728 e. The van der Waals surface area contributed by atoms with Crippen molar-refractivity contribution in [3.8, 4) is 0 Å². The Bertz CT molecular complexity index is 451. The molecular weight excluding hydrogens is 218 g/mol. The number of anilines is 1. The first-order valence-corrected chi connectivity index (χ1v) is 5.41. The molecule has 82 valence electrons. The molecule has 7 heteroatoms. The summed E-state index contributed by atoms with van der Waals surface area (Å²) >= 11 is 0. The van der Waals surface area contributed by atoms with E-state index in [0.29, 0.717) is 5.69 Å². The van der Waals surface area contributed by atoms with Crippen LogP contribution in [0.3, 0.4) is 0 Å². The van der Waals surface area contributed by atoms with Crippen molar-refractivity contribution < 1.29 is 13.0 Å². The third-order valence-corrected chi connectivity index (χ3v) is 1.90. The number of benzene rings is 1. The molecule has 0 bridgehead atoms. The van der Waals surface area contributed by atoms with Crippen molar-refractivity contribution in [2.45, 2.75) is 0 Å². The van der Waals surface area contributed by atoms with Gasteiger partial charge in [-0.2, -0.15) is 0 Å². The van der Waals surface area contributed by atoms with E-state index in [0.717, 1.165) is 5.69 Å². The second kappa shape index (κ2) is 4.37. The number of rotatable bonds is 3. The topological polar surface area (TPSA) is 85.2 Å². The highest BCUT2D eigenvalue weighted by atomic mass is 32.2. The molecule has 0 aliphatic heterocycles. The third-order valence-electron chi connectivity index (χ3n) is 1.62. The van der Waals surface area contributed by atoms with Crippen molar-refractivity contribution in [2.75, 3.05) is 19.0 Å². The summed E-state index contributed by atoms with van der Waals surface area (Å²) in [5, 5.41) is 3.28. The summed E-state index contributed by atoms with van der Waals surface area (Å²) in [4.78, 5) is 1.88. The fraction of sp³-hybridized carbons (Fsp3) is 0.250. The van der Waals surface area contributed by atoms with Crippen molar-refractivity contribution in [3.05, 3.63) is 24.3 Å². The summed E-state index contributed by atoms with van der Waals surface area (Å²) in [6.07, 6.45) is 0. The van der Waals surface area contributed by atoms with E-state index in [1.54, 1.807) is 24.3 Å². The van der Waals surface area contributed by atoms with Crippen LogP contribution in [0.15, 0.2) is 33.9 Å². The van der Waals surface area contributed by atoms with Crippen molar-refractivity contribution in [1.82, 2.24) is 0 Å². The number of nitrogens with zero attached hydrogens (tertiary/aromatic N) is 3. The van der Waals surface area contributed by atoms with Gasteiger partial charge < -0.3 is 9.45 Å². The van der Waals surface area contributed by atoms with Gasteiger partial charge in [-0.1, -0.05) is 4.52 Å². The first-order valence-electron chi connectivity index (χ1n) is 4.05. The fourth-order valence-corrected chi connectivity index (χ4v) is 1.11. The first-order chi connectivity index (χ1) is 6.88. The van der Waals surface area contributed by atoms with Gasteiger partial charge in [-0.3, -0.25) is 0 Å². The van der Waals surface area contributed by atoms with Crippen LogP contribution in [-0.4, -0.2) is 27.1 Å². The van der Waals surface area contributed by atoms with Gasteiger partial charge in [0.05, 0.1) is 5.69 Å². The molecule has 0 amide bonds. The van der Waals surface area contributed by atoms with Gasteiger partial charge in [0, 0.05) is 19.8 Å². The highest BCUT2D eigenvalue weighted by Crippen LogP contribution is 2.18. The van der Waals surface area contributed by atoms with Gasteiger partial charge in [0.2, 0.25) is 10.3 Å². The summed E-state index contributed by atoms with van der Waals surface area (Å²) in [7, 11) is -0.904. The van der Waals surface area contributed by atoms with E-state index < -0.39 is 10.3 Å². The lowest BCUT2D eigenvalue weighted by atomic mass is 10.3. The van der Waals surface area contributed by atoms with Crippen molar-refractivity contribution >= 4 is 21.7 Å². The van der Waals surface area contributed by atoms with Crippen LogP contribution in [0.4, 0.5) is 11.4 Å². The molecule has 0 spiro atoms. The second-order valence-electron chi connectivity index (χ2n) is 3.02. The Hall–Kier alpha value is -1.47. The summed E-state index contributed by atoms with van der Waals surface area (Å²) in [6, 6.07) is 6.63. The third kappa shape index (κ3) is 4.05. The Morgan fingerprint density at radius 2 is 1.73 bits per heavy atom. The van der Waals surface area contributed by atoms with E-state index in [2.05, 4.69) is 9.63 Å². The van der Waals surface area contributed by atoms with Crippen LogP contribution in [-0.2, 0) is 10.3 Å². The van der Waals surface area contributed by atoms with Gasteiger partial charge in [-0.15, -0.1) is 5.11 Å². The van der Waals surface area contributed by atoms with Crippen LogP contribution < -0.4 is 4.90 Å². The van der Waals surface area contributed by atoms with Crippen LogP contribution in [0, 0.1) is 0 Å². The van der Waals surface area contributed by atoms with E-state index in [-0.39, 0.29) is 0 Å². The van der Waals surface area contributed by atoms with Crippen molar-refractivity contribution in [3.63, 3.8) is 0 Å². The SMILES string of the molecule is CN(C)c1ccc(N=NS(=O)(=O)[O-])cc1. The zero-order valence-corrected chi connectivity index (χ0v) is 9.10. The molecule has 1 aromatic carbocycles. The summed E-state index contributed by atoms with van der Waals surface area (Å²) < 4.78 is 33.1. The highest BCUT2D eigenvalue weighted by molar-refractivity contribution is 7.84. The maximum Gasteiger partial charge on any atom is 0.220 e. The van der Waals surface area contributed by atoms with Crippen molar-refractivity contribution in [1.29, 1.82) is 0 Å². The predicted octanol–water partition coefficient (Wildman–Crippen LogP) is 1.30. The fourth-order valence-electron chi connectivity index (χ4n) is 0.915. The van der Waals surface area contributed by atoms with Gasteiger partial charge in [-0.05, 0) is 24.3 Å². The van der Waals surface area contributed by atoms with E-state index in [1.165, 1.54) is 0 Å². The molecule has 0 heterocycles. The molecule has 1 aromatic rings. The molecule has 0 saturated carbocycles. The Labute approximate surface area is 88.1 Å².